The van der Waals surface area contributed by atoms with Crippen LogP contribution in [-0.4, -0.2) is 99.6 Å². The minimum absolute atomic E-state index is 0.106. The molecule has 0 spiro atoms. The monoisotopic (exact) mass is 970 g/mol. The smallest absolute Gasteiger partial charge is 0.306 e. The second kappa shape index (κ2) is 45.9. The maximum Gasteiger partial charge on any atom is 0.306 e. The molecule has 1 saturated heterocycles. The number of ether oxygens (including phenoxy) is 3. The minimum atomic E-state index is -1.63. The third kappa shape index (κ3) is 34.7. The van der Waals surface area contributed by atoms with Gasteiger partial charge in [-0.05, 0) is 77.0 Å². The molecular formula is C58H99NO10. The molecule has 1 aliphatic heterocycles. The van der Waals surface area contributed by atoms with Gasteiger partial charge in [0.2, 0.25) is 5.91 Å². The Morgan fingerprint density at radius 3 is 1.71 bits per heavy atom. The number of rotatable bonds is 44. The summed E-state index contributed by atoms with van der Waals surface area (Å²) in [5.74, 6) is -1.25. The van der Waals surface area contributed by atoms with E-state index in [-0.39, 0.29) is 19.4 Å². The summed E-state index contributed by atoms with van der Waals surface area (Å²) in [7, 11) is 0. The molecule has 0 saturated carbocycles. The predicted molar refractivity (Wildman–Crippen MR) is 282 cm³/mol. The predicted octanol–water partition coefficient (Wildman–Crippen LogP) is 11.8. The van der Waals surface area contributed by atoms with E-state index in [1.54, 1.807) is 6.08 Å². The summed E-state index contributed by atoms with van der Waals surface area (Å²) in [6.07, 6.45) is 47.8. The quantitative estimate of drug-likeness (QED) is 0.0149. The lowest BCUT2D eigenvalue weighted by Crippen LogP contribution is -2.61. The Morgan fingerprint density at radius 1 is 0.594 bits per heavy atom. The summed E-state index contributed by atoms with van der Waals surface area (Å²) in [6.45, 7) is 5.55. The summed E-state index contributed by atoms with van der Waals surface area (Å²) < 4.78 is 17.5. The van der Waals surface area contributed by atoms with Gasteiger partial charge in [0.05, 0.1) is 25.4 Å². The van der Waals surface area contributed by atoms with Crippen molar-refractivity contribution in [3.05, 3.63) is 85.1 Å². The van der Waals surface area contributed by atoms with Crippen LogP contribution in [0.25, 0.3) is 0 Å². The van der Waals surface area contributed by atoms with Crippen molar-refractivity contribution in [2.45, 2.75) is 256 Å². The maximum absolute atomic E-state index is 13.3. The summed E-state index contributed by atoms with van der Waals surface area (Å²) in [5.41, 5.74) is 0. The van der Waals surface area contributed by atoms with Crippen molar-refractivity contribution >= 4 is 11.9 Å². The van der Waals surface area contributed by atoms with Gasteiger partial charge in [0.1, 0.15) is 24.4 Å². The van der Waals surface area contributed by atoms with Crippen molar-refractivity contribution < 1.29 is 49.3 Å². The fourth-order valence-corrected chi connectivity index (χ4v) is 7.98. The van der Waals surface area contributed by atoms with E-state index < -0.39 is 67.4 Å². The van der Waals surface area contributed by atoms with E-state index in [2.05, 4.69) is 56.5 Å². The van der Waals surface area contributed by atoms with Crippen LogP contribution in [0.15, 0.2) is 85.1 Å². The number of allylic oxidation sites excluding steroid dienone is 13. The molecule has 0 bridgehead atoms. The van der Waals surface area contributed by atoms with E-state index in [0.717, 1.165) is 83.5 Å². The van der Waals surface area contributed by atoms with Crippen LogP contribution in [0.4, 0.5) is 0 Å². The van der Waals surface area contributed by atoms with E-state index in [1.807, 2.05) is 48.6 Å². The SMILES string of the molecule is CC/C=C/C=C/C=C\C=C/CCCCC(O)C(=O)NC(COC1OC(CO)C(O)C(O)C1OC(=O)CCCCCCCCC/C=C\C/C=C\CCCCC)C(O)/C=C/CCCCCCCCCCC. The highest BCUT2D eigenvalue weighted by atomic mass is 16.7. The molecule has 1 fully saturated rings. The van der Waals surface area contributed by atoms with Crippen LogP contribution >= 0.6 is 0 Å². The Morgan fingerprint density at radius 2 is 1.10 bits per heavy atom. The Balaban J connectivity index is 2.76. The molecule has 1 heterocycles. The lowest BCUT2D eigenvalue weighted by molar-refractivity contribution is -0.305. The standard InChI is InChI=1S/C58H99NO10/c1-4-7-10-13-16-19-22-24-25-26-27-28-31-34-37-40-43-46-53(63)69-56-55(65)54(64)52(47-60)68-58(56)67-48-49(50(61)44-41-38-35-32-29-21-18-15-12-9-6-3)59-57(66)51(62)45-42-39-36-33-30-23-20-17-14-11-8-5-2/h8,11,14,16-17,19-20,23-25,30,33,41,44,49-52,54-56,58,60-62,64-65H,4-7,9-10,12-13,15,18,21-22,26-29,31-32,34-40,42-43,45-48H2,1-3H3,(H,59,66)/b11-8+,17-14+,19-16-,23-20-,25-24-,33-30-,44-41+. The first-order valence-corrected chi connectivity index (χ1v) is 27.4. The molecule has 0 aromatic rings. The normalized spacial score (nSPS) is 20.5. The van der Waals surface area contributed by atoms with Gasteiger partial charge >= 0.3 is 5.97 Å². The first-order chi connectivity index (χ1) is 33.7. The highest BCUT2D eigenvalue weighted by molar-refractivity contribution is 5.80. The Kier molecular flexibility index (Phi) is 42.5. The number of amides is 1. The molecule has 8 atom stereocenters. The fourth-order valence-electron chi connectivity index (χ4n) is 7.98. The van der Waals surface area contributed by atoms with Crippen LogP contribution < -0.4 is 5.32 Å². The summed E-state index contributed by atoms with van der Waals surface area (Å²) in [5, 5.41) is 56.6. The number of aliphatic hydroxyl groups is 5. The van der Waals surface area contributed by atoms with Crippen LogP contribution in [-0.2, 0) is 23.8 Å². The zero-order chi connectivity index (χ0) is 50.4. The van der Waals surface area contributed by atoms with Gasteiger partial charge in [-0.15, -0.1) is 0 Å². The first-order valence-electron chi connectivity index (χ1n) is 27.4. The van der Waals surface area contributed by atoms with Gasteiger partial charge in [0.15, 0.2) is 12.4 Å². The number of esters is 1. The molecule has 8 unspecified atom stereocenters. The van der Waals surface area contributed by atoms with E-state index in [1.165, 1.54) is 77.0 Å². The zero-order valence-electron chi connectivity index (χ0n) is 43.4. The number of unbranched alkanes of at least 4 members (excludes halogenated alkanes) is 21. The van der Waals surface area contributed by atoms with Crippen LogP contribution in [0.1, 0.15) is 207 Å². The topological polar surface area (TPSA) is 175 Å². The molecular weight excluding hydrogens is 871 g/mol. The van der Waals surface area contributed by atoms with Gasteiger partial charge in [-0.3, -0.25) is 9.59 Å². The third-order valence-corrected chi connectivity index (χ3v) is 12.4. The molecule has 11 heteroatoms. The van der Waals surface area contributed by atoms with Crippen molar-refractivity contribution in [3.63, 3.8) is 0 Å². The number of nitrogens with one attached hydrogen (secondary N) is 1. The molecule has 69 heavy (non-hydrogen) atoms. The molecule has 396 valence electrons. The average Bonchev–Trinajstić information content (AvgIpc) is 3.34. The molecule has 1 rings (SSSR count). The van der Waals surface area contributed by atoms with Crippen LogP contribution in [0.5, 0.6) is 0 Å². The van der Waals surface area contributed by atoms with Crippen molar-refractivity contribution in [2.75, 3.05) is 13.2 Å². The Bertz CT molecular complexity index is 1440. The van der Waals surface area contributed by atoms with E-state index in [4.69, 9.17) is 14.2 Å². The lowest BCUT2D eigenvalue weighted by Gasteiger charge is -2.41. The van der Waals surface area contributed by atoms with Gasteiger partial charge in [-0.1, -0.05) is 209 Å². The number of aliphatic hydroxyl groups excluding tert-OH is 5. The first kappa shape index (κ1) is 63.9. The highest BCUT2D eigenvalue weighted by Crippen LogP contribution is 2.26. The van der Waals surface area contributed by atoms with Crippen molar-refractivity contribution in [2.24, 2.45) is 0 Å². The lowest BCUT2D eigenvalue weighted by atomic mass is 9.99. The maximum atomic E-state index is 13.3. The van der Waals surface area contributed by atoms with Gasteiger partial charge in [-0.2, -0.15) is 0 Å². The van der Waals surface area contributed by atoms with Crippen molar-refractivity contribution in [3.8, 4) is 0 Å². The van der Waals surface area contributed by atoms with Crippen LogP contribution in [0.3, 0.4) is 0 Å². The molecule has 6 N–H and O–H groups in total. The molecule has 0 aliphatic carbocycles. The summed E-state index contributed by atoms with van der Waals surface area (Å²) in [6, 6.07) is -1.05. The highest BCUT2D eigenvalue weighted by Gasteiger charge is 2.47. The minimum Gasteiger partial charge on any atom is -0.454 e. The molecule has 0 radical (unpaired) electrons. The van der Waals surface area contributed by atoms with Crippen LogP contribution in [0, 0.1) is 0 Å². The third-order valence-electron chi connectivity index (χ3n) is 12.4. The molecule has 0 aromatic carbocycles. The largest absolute Gasteiger partial charge is 0.454 e. The van der Waals surface area contributed by atoms with Gasteiger partial charge in [0.25, 0.3) is 0 Å². The van der Waals surface area contributed by atoms with Gasteiger partial charge in [-0.25, -0.2) is 0 Å². The van der Waals surface area contributed by atoms with Crippen molar-refractivity contribution in [1.29, 1.82) is 0 Å². The van der Waals surface area contributed by atoms with E-state index in [0.29, 0.717) is 12.8 Å². The Hall–Kier alpha value is -3.16. The van der Waals surface area contributed by atoms with E-state index >= 15 is 0 Å². The number of carbonyl (C=O) groups is 2. The number of hydrogen-bond acceptors (Lipinski definition) is 10. The van der Waals surface area contributed by atoms with Crippen molar-refractivity contribution in [1.82, 2.24) is 5.32 Å². The fraction of sp³-hybridized carbons (Fsp3) is 0.724. The zero-order valence-corrected chi connectivity index (χ0v) is 43.4. The average molecular weight is 970 g/mol. The summed E-state index contributed by atoms with van der Waals surface area (Å²) >= 11 is 0. The Labute approximate surface area is 419 Å². The summed E-state index contributed by atoms with van der Waals surface area (Å²) in [4.78, 5) is 26.4. The molecule has 1 amide bonds. The number of carbonyl (C=O) groups excluding carboxylic acids is 2. The van der Waals surface area contributed by atoms with Gasteiger partial charge in [0, 0.05) is 6.42 Å². The second-order valence-electron chi connectivity index (χ2n) is 18.7. The van der Waals surface area contributed by atoms with Gasteiger partial charge < -0.3 is 45.1 Å². The molecule has 0 aromatic heterocycles. The molecule has 1 aliphatic rings. The number of hydrogen-bond donors (Lipinski definition) is 6. The van der Waals surface area contributed by atoms with Crippen LogP contribution in [0.2, 0.25) is 0 Å². The second-order valence-corrected chi connectivity index (χ2v) is 18.7. The van der Waals surface area contributed by atoms with E-state index in [9.17, 15) is 35.1 Å². The molecule has 11 nitrogen and oxygen atoms in total.